The highest BCUT2D eigenvalue weighted by molar-refractivity contribution is 9.10. The van der Waals surface area contributed by atoms with Crippen LogP contribution in [-0.4, -0.2) is 36.7 Å². The largest absolute Gasteiger partial charge is 0.493 e. The van der Waals surface area contributed by atoms with E-state index in [-0.39, 0.29) is 23.8 Å². The summed E-state index contributed by atoms with van der Waals surface area (Å²) in [4.78, 5) is 34.7. The third kappa shape index (κ3) is 7.11. The van der Waals surface area contributed by atoms with Gasteiger partial charge < -0.3 is 14.2 Å². The number of hydrogen-bond donors (Lipinski definition) is 1. The molecule has 3 aromatic rings. The highest BCUT2D eigenvalue weighted by atomic mass is 79.9. The number of rotatable bonds is 9. The summed E-state index contributed by atoms with van der Waals surface area (Å²) >= 11 is 6.48. The fourth-order valence-electron chi connectivity index (χ4n) is 2.71. The van der Waals surface area contributed by atoms with E-state index in [1.807, 2.05) is 0 Å². The molecule has 3 rings (SSSR count). The average Bonchev–Trinajstić information content (AvgIpc) is 2.84. The van der Waals surface area contributed by atoms with Gasteiger partial charge in [0.2, 0.25) is 0 Å². The molecule has 0 saturated carbocycles. The number of nitro benzene ring substituents is 1. The molecule has 0 saturated heterocycles. The summed E-state index contributed by atoms with van der Waals surface area (Å²) in [7, 11) is 1.43. The lowest BCUT2D eigenvalue weighted by Crippen LogP contribution is -2.24. The van der Waals surface area contributed by atoms with Crippen molar-refractivity contribution in [3.63, 3.8) is 0 Å². The van der Waals surface area contributed by atoms with Gasteiger partial charge >= 0.3 is 5.97 Å². The van der Waals surface area contributed by atoms with Crippen molar-refractivity contribution in [3.8, 4) is 17.2 Å². The average molecular weight is 607 g/mol. The number of nitro groups is 1. The highest BCUT2D eigenvalue weighted by Crippen LogP contribution is 2.30. The van der Waals surface area contributed by atoms with Crippen LogP contribution in [0.3, 0.4) is 0 Å². The number of hydrazone groups is 1. The summed E-state index contributed by atoms with van der Waals surface area (Å²) in [5.74, 6) is -0.308. The third-order valence-corrected chi connectivity index (χ3v) is 5.68. The maximum Gasteiger partial charge on any atom is 0.344 e. The molecule has 180 valence electrons. The molecule has 0 atom stereocenters. The normalized spacial score (nSPS) is 10.6. The van der Waals surface area contributed by atoms with Crippen LogP contribution in [0.15, 0.2) is 74.7 Å². The Morgan fingerprint density at radius 3 is 2.46 bits per heavy atom. The van der Waals surface area contributed by atoms with Gasteiger partial charge in [-0.25, -0.2) is 10.2 Å². The molecule has 0 bridgehead atoms. The molecule has 0 aliphatic rings. The first kappa shape index (κ1) is 25.8. The standard InChI is InChI=1S/C23H17Br2N3O7/c1-33-21-10-14(6-8-20(21)35-23(30)16-4-2-3-5-17(16)24)12-26-27-22(29)13-34-19-9-7-15(28(31)32)11-18(19)25/h2-12H,13H2,1H3,(H,27,29)/b26-12+. The van der Waals surface area contributed by atoms with Crippen molar-refractivity contribution in [1.29, 1.82) is 0 Å². The van der Waals surface area contributed by atoms with Gasteiger partial charge in [0.25, 0.3) is 11.6 Å². The fraction of sp³-hybridized carbons (Fsp3) is 0.0870. The highest BCUT2D eigenvalue weighted by Gasteiger charge is 2.15. The molecule has 10 nitrogen and oxygen atoms in total. The summed E-state index contributed by atoms with van der Waals surface area (Å²) in [5.41, 5.74) is 3.14. The molecule has 0 aromatic heterocycles. The Balaban J connectivity index is 1.57. The van der Waals surface area contributed by atoms with E-state index in [2.05, 4.69) is 42.4 Å². The molecule has 0 heterocycles. The van der Waals surface area contributed by atoms with Crippen LogP contribution >= 0.6 is 31.9 Å². The van der Waals surface area contributed by atoms with Crippen LogP contribution < -0.4 is 19.6 Å². The lowest BCUT2D eigenvalue weighted by atomic mass is 10.2. The third-order valence-electron chi connectivity index (χ3n) is 4.37. The van der Waals surface area contributed by atoms with Crippen molar-refractivity contribution in [2.24, 2.45) is 5.10 Å². The van der Waals surface area contributed by atoms with Crippen molar-refractivity contribution in [2.75, 3.05) is 13.7 Å². The van der Waals surface area contributed by atoms with Crippen LogP contribution in [0.5, 0.6) is 17.2 Å². The lowest BCUT2D eigenvalue weighted by Gasteiger charge is -2.10. The zero-order chi connectivity index (χ0) is 25.4. The van der Waals surface area contributed by atoms with Crippen molar-refractivity contribution in [3.05, 3.63) is 90.9 Å². The summed E-state index contributed by atoms with van der Waals surface area (Å²) in [5, 5.41) is 14.6. The number of nitrogens with one attached hydrogen (secondary N) is 1. The smallest absolute Gasteiger partial charge is 0.344 e. The van der Waals surface area contributed by atoms with E-state index in [9.17, 15) is 19.7 Å². The van der Waals surface area contributed by atoms with E-state index < -0.39 is 16.8 Å². The molecule has 0 aliphatic carbocycles. The SMILES string of the molecule is COc1cc(/C=N/NC(=O)COc2ccc([N+](=O)[O-])cc2Br)ccc1OC(=O)c1ccccc1Br. The molecule has 1 N–H and O–H groups in total. The first-order valence-corrected chi connectivity index (χ1v) is 11.4. The quantitative estimate of drug-likeness (QED) is 0.121. The van der Waals surface area contributed by atoms with E-state index in [4.69, 9.17) is 14.2 Å². The van der Waals surface area contributed by atoms with Gasteiger partial charge in [-0.2, -0.15) is 5.10 Å². The number of esters is 1. The Hall–Kier alpha value is -3.77. The minimum Gasteiger partial charge on any atom is -0.493 e. The minimum atomic E-state index is -0.552. The van der Waals surface area contributed by atoms with E-state index in [0.29, 0.717) is 25.8 Å². The van der Waals surface area contributed by atoms with E-state index in [0.717, 1.165) is 0 Å². The Bertz CT molecular complexity index is 1300. The number of carbonyl (C=O) groups is 2. The molecular weight excluding hydrogens is 590 g/mol. The summed E-state index contributed by atoms with van der Waals surface area (Å²) in [6, 6.07) is 15.6. The van der Waals surface area contributed by atoms with Crippen LogP contribution in [0, 0.1) is 10.1 Å². The number of benzene rings is 3. The maximum atomic E-state index is 12.4. The van der Waals surface area contributed by atoms with Crippen LogP contribution in [0.1, 0.15) is 15.9 Å². The van der Waals surface area contributed by atoms with Crippen molar-refractivity contribution in [2.45, 2.75) is 0 Å². The molecule has 0 radical (unpaired) electrons. The number of methoxy groups -OCH3 is 1. The van der Waals surface area contributed by atoms with Crippen LogP contribution in [0.2, 0.25) is 0 Å². The number of non-ortho nitro benzene ring substituents is 1. The van der Waals surface area contributed by atoms with Gasteiger partial charge in [-0.05, 0) is 73.8 Å². The van der Waals surface area contributed by atoms with Crippen LogP contribution in [0.25, 0.3) is 0 Å². The Kier molecular flexibility index (Phi) is 8.92. The second kappa shape index (κ2) is 12.1. The predicted molar refractivity (Wildman–Crippen MR) is 134 cm³/mol. The van der Waals surface area contributed by atoms with E-state index in [1.54, 1.807) is 42.5 Å². The zero-order valence-corrected chi connectivity index (χ0v) is 21.2. The number of ether oxygens (including phenoxy) is 3. The molecule has 3 aromatic carbocycles. The van der Waals surface area contributed by atoms with E-state index in [1.165, 1.54) is 31.5 Å². The van der Waals surface area contributed by atoms with Crippen molar-refractivity contribution >= 4 is 55.6 Å². The van der Waals surface area contributed by atoms with Gasteiger partial charge in [-0.3, -0.25) is 14.9 Å². The number of amides is 1. The first-order chi connectivity index (χ1) is 16.8. The molecule has 0 fully saturated rings. The molecule has 35 heavy (non-hydrogen) atoms. The molecule has 12 heteroatoms. The molecular formula is C23H17Br2N3O7. The van der Waals surface area contributed by atoms with Crippen LogP contribution in [0.4, 0.5) is 5.69 Å². The lowest BCUT2D eigenvalue weighted by molar-refractivity contribution is -0.384. The Morgan fingerprint density at radius 2 is 1.77 bits per heavy atom. The number of hydrogen-bond acceptors (Lipinski definition) is 8. The minimum absolute atomic E-state index is 0.109. The topological polar surface area (TPSA) is 129 Å². The van der Waals surface area contributed by atoms with Crippen molar-refractivity contribution < 1.29 is 28.7 Å². The molecule has 0 spiro atoms. The Morgan fingerprint density at radius 1 is 1.03 bits per heavy atom. The molecule has 0 unspecified atom stereocenters. The summed E-state index contributed by atoms with van der Waals surface area (Å²) < 4.78 is 17.0. The number of nitrogens with zero attached hydrogens (tertiary/aromatic N) is 2. The van der Waals surface area contributed by atoms with Gasteiger partial charge in [-0.15, -0.1) is 0 Å². The predicted octanol–water partition coefficient (Wildman–Crippen LogP) is 4.88. The monoisotopic (exact) mass is 605 g/mol. The first-order valence-electron chi connectivity index (χ1n) is 9.82. The van der Waals surface area contributed by atoms with Gasteiger partial charge in [0.1, 0.15) is 5.75 Å². The zero-order valence-electron chi connectivity index (χ0n) is 18.1. The molecule has 0 aliphatic heterocycles. The second-order valence-corrected chi connectivity index (χ2v) is 8.44. The number of carbonyl (C=O) groups excluding carboxylic acids is 2. The van der Waals surface area contributed by atoms with Crippen LogP contribution in [-0.2, 0) is 4.79 Å². The second-order valence-electron chi connectivity index (χ2n) is 6.73. The van der Waals surface area contributed by atoms with Gasteiger partial charge in [0.05, 0.1) is 28.3 Å². The van der Waals surface area contributed by atoms with Crippen molar-refractivity contribution in [1.82, 2.24) is 5.43 Å². The summed E-state index contributed by atoms with van der Waals surface area (Å²) in [6.07, 6.45) is 1.38. The molecule has 1 amide bonds. The Labute approximate surface area is 216 Å². The summed E-state index contributed by atoms with van der Waals surface area (Å²) in [6.45, 7) is -0.360. The van der Waals surface area contributed by atoms with Gasteiger partial charge in [-0.1, -0.05) is 12.1 Å². The van der Waals surface area contributed by atoms with E-state index >= 15 is 0 Å². The van der Waals surface area contributed by atoms with Gasteiger partial charge in [0, 0.05) is 16.6 Å². The van der Waals surface area contributed by atoms with Gasteiger partial charge in [0.15, 0.2) is 18.1 Å². The number of halogens is 2. The fourth-order valence-corrected chi connectivity index (χ4v) is 3.63. The maximum absolute atomic E-state index is 12.4.